The third-order valence-corrected chi connectivity index (χ3v) is 3.68. The van der Waals surface area contributed by atoms with E-state index in [0.717, 1.165) is 25.9 Å². The van der Waals surface area contributed by atoms with E-state index in [1.807, 2.05) is 6.92 Å². The molecule has 1 saturated heterocycles. The van der Waals surface area contributed by atoms with Crippen LogP contribution in [0.3, 0.4) is 0 Å². The first-order valence-electron chi connectivity index (χ1n) is 6.06. The Balaban J connectivity index is 2.05. The van der Waals surface area contributed by atoms with Gasteiger partial charge in [-0.05, 0) is 38.8 Å². The molecule has 2 N–H and O–H groups in total. The Morgan fingerprint density at radius 1 is 1.38 bits per heavy atom. The number of nitrogens with one attached hydrogen (secondary N) is 1. The summed E-state index contributed by atoms with van der Waals surface area (Å²) >= 11 is 0. The number of rotatable bonds is 2. The maximum atomic E-state index is 10.3. The third-order valence-electron chi connectivity index (χ3n) is 3.68. The molecule has 0 spiro atoms. The minimum Gasteiger partial charge on any atom is -0.390 e. The average Bonchev–Trinajstić information content (AvgIpc) is 2.24. The van der Waals surface area contributed by atoms with Gasteiger partial charge in [-0.25, -0.2) is 0 Å². The van der Waals surface area contributed by atoms with E-state index in [-0.39, 0.29) is 0 Å². The van der Waals surface area contributed by atoms with Crippen molar-refractivity contribution >= 4 is 0 Å². The summed E-state index contributed by atoms with van der Waals surface area (Å²) in [5.74, 6) is 0.323. The van der Waals surface area contributed by atoms with Crippen LogP contribution in [0.1, 0.15) is 24.5 Å². The molecule has 0 bridgehead atoms. The summed E-state index contributed by atoms with van der Waals surface area (Å²) in [5, 5.41) is 13.7. The number of hydrogen-bond donors (Lipinski definition) is 2. The summed E-state index contributed by atoms with van der Waals surface area (Å²) < 4.78 is 0. The fourth-order valence-corrected chi connectivity index (χ4v) is 2.34. The van der Waals surface area contributed by atoms with Gasteiger partial charge < -0.3 is 10.4 Å². The lowest BCUT2D eigenvalue weighted by Gasteiger charge is -2.37. The summed E-state index contributed by atoms with van der Waals surface area (Å²) in [6.07, 6.45) is 1.81. The molecular weight excluding hydrogens is 198 g/mol. The van der Waals surface area contributed by atoms with E-state index in [9.17, 15) is 5.11 Å². The van der Waals surface area contributed by atoms with Crippen molar-refractivity contribution in [1.29, 1.82) is 0 Å². The Morgan fingerprint density at radius 2 is 2.06 bits per heavy atom. The van der Waals surface area contributed by atoms with Crippen LogP contribution in [-0.2, 0) is 6.42 Å². The molecule has 0 aliphatic carbocycles. The number of hydrogen-bond acceptors (Lipinski definition) is 2. The van der Waals surface area contributed by atoms with Crippen molar-refractivity contribution in [3.05, 3.63) is 35.4 Å². The Bertz CT molecular complexity index is 342. The number of aliphatic hydroxyl groups is 1. The van der Waals surface area contributed by atoms with Gasteiger partial charge in [0.1, 0.15) is 0 Å². The third kappa shape index (κ3) is 2.63. The standard InChI is InChI=1S/C14H21NO/c1-11-3-5-12(6-4-11)9-13-10-15-8-7-14(13,2)16/h3-6,13,15-16H,7-10H2,1-2H3. The molecular formula is C14H21NO. The van der Waals surface area contributed by atoms with Crippen molar-refractivity contribution in [3.8, 4) is 0 Å². The van der Waals surface area contributed by atoms with E-state index >= 15 is 0 Å². The maximum Gasteiger partial charge on any atom is 0.0675 e. The van der Waals surface area contributed by atoms with Gasteiger partial charge in [0.2, 0.25) is 0 Å². The highest BCUT2D eigenvalue weighted by atomic mass is 16.3. The molecule has 88 valence electrons. The van der Waals surface area contributed by atoms with Crippen LogP contribution in [0.4, 0.5) is 0 Å². The van der Waals surface area contributed by atoms with E-state index in [2.05, 4.69) is 36.5 Å². The van der Waals surface area contributed by atoms with Crippen LogP contribution in [0.2, 0.25) is 0 Å². The van der Waals surface area contributed by atoms with Crippen LogP contribution in [0.5, 0.6) is 0 Å². The van der Waals surface area contributed by atoms with Gasteiger partial charge in [-0.2, -0.15) is 0 Å². The molecule has 2 nitrogen and oxygen atoms in total. The summed E-state index contributed by atoms with van der Waals surface area (Å²) in [6.45, 7) is 5.91. The largest absolute Gasteiger partial charge is 0.390 e. The summed E-state index contributed by atoms with van der Waals surface area (Å²) in [4.78, 5) is 0. The molecule has 2 atom stereocenters. The molecule has 2 unspecified atom stereocenters. The molecule has 1 aliphatic rings. The van der Waals surface area contributed by atoms with Crippen molar-refractivity contribution in [2.24, 2.45) is 5.92 Å². The zero-order valence-electron chi connectivity index (χ0n) is 10.2. The minimum absolute atomic E-state index is 0.323. The first-order valence-corrected chi connectivity index (χ1v) is 6.06. The highest BCUT2D eigenvalue weighted by molar-refractivity contribution is 5.22. The Hall–Kier alpha value is -0.860. The normalized spacial score (nSPS) is 30.3. The van der Waals surface area contributed by atoms with Crippen LogP contribution < -0.4 is 5.32 Å². The van der Waals surface area contributed by atoms with E-state index in [4.69, 9.17) is 0 Å². The smallest absolute Gasteiger partial charge is 0.0675 e. The summed E-state index contributed by atoms with van der Waals surface area (Å²) in [6, 6.07) is 8.61. The Kier molecular flexibility index (Phi) is 3.31. The number of benzene rings is 1. The molecule has 1 aliphatic heterocycles. The zero-order chi connectivity index (χ0) is 11.6. The molecule has 16 heavy (non-hydrogen) atoms. The van der Waals surface area contributed by atoms with Gasteiger partial charge in [-0.3, -0.25) is 0 Å². The van der Waals surface area contributed by atoms with Crippen molar-refractivity contribution in [3.63, 3.8) is 0 Å². The molecule has 1 aromatic rings. The van der Waals surface area contributed by atoms with Gasteiger partial charge in [0.15, 0.2) is 0 Å². The highest BCUT2D eigenvalue weighted by Crippen LogP contribution is 2.27. The molecule has 2 rings (SSSR count). The molecule has 0 saturated carbocycles. The highest BCUT2D eigenvalue weighted by Gasteiger charge is 2.33. The SMILES string of the molecule is Cc1ccc(CC2CNCCC2(C)O)cc1. The van der Waals surface area contributed by atoms with Gasteiger partial charge in [-0.1, -0.05) is 29.8 Å². The average molecular weight is 219 g/mol. The van der Waals surface area contributed by atoms with E-state index in [1.165, 1.54) is 11.1 Å². The summed E-state index contributed by atoms with van der Waals surface area (Å²) in [5.41, 5.74) is 2.09. The van der Waals surface area contributed by atoms with Gasteiger partial charge in [-0.15, -0.1) is 0 Å². The summed E-state index contributed by atoms with van der Waals surface area (Å²) in [7, 11) is 0. The zero-order valence-corrected chi connectivity index (χ0v) is 10.2. The monoisotopic (exact) mass is 219 g/mol. The Morgan fingerprint density at radius 3 is 2.69 bits per heavy atom. The quantitative estimate of drug-likeness (QED) is 0.796. The molecule has 0 aromatic heterocycles. The lowest BCUT2D eigenvalue weighted by atomic mass is 9.79. The van der Waals surface area contributed by atoms with Gasteiger partial charge in [0.05, 0.1) is 5.60 Å². The Labute approximate surface area is 97.7 Å². The van der Waals surface area contributed by atoms with E-state index in [1.54, 1.807) is 0 Å². The topological polar surface area (TPSA) is 32.3 Å². The fraction of sp³-hybridized carbons (Fsp3) is 0.571. The van der Waals surface area contributed by atoms with E-state index < -0.39 is 5.60 Å². The van der Waals surface area contributed by atoms with Gasteiger partial charge in [0.25, 0.3) is 0 Å². The van der Waals surface area contributed by atoms with Gasteiger partial charge >= 0.3 is 0 Å². The van der Waals surface area contributed by atoms with Crippen molar-refractivity contribution < 1.29 is 5.11 Å². The molecule has 1 heterocycles. The predicted octanol–water partition coefficient (Wildman–Crippen LogP) is 1.90. The van der Waals surface area contributed by atoms with Crippen LogP contribution >= 0.6 is 0 Å². The molecule has 0 radical (unpaired) electrons. The van der Waals surface area contributed by atoms with Crippen molar-refractivity contribution in [1.82, 2.24) is 5.32 Å². The second-order valence-corrected chi connectivity index (χ2v) is 5.20. The van der Waals surface area contributed by atoms with Crippen molar-refractivity contribution in [2.45, 2.75) is 32.3 Å². The number of aryl methyl sites for hydroxylation is 1. The number of piperidine rings is 1. The second-order valence-electron chi connectivity index (χ2n) is 5.20. The molecule has 1 fully saturated rings. The first-order chi connectivity index (χ1) is 7.58. The van der Waals surface area contributed by atoms with Gasteiger partial charge in [0, 0.05) is 12.5 Å². The lowest BCUT2D eigenvalue weighted by molar-refractivity contribution is -0.0234. The van der Waals surface area contributed by atoms with E-state index in [0.29, 0.717) is 5.92 Å². The lowest BCUT2D eigenvalue weighted by Crippen LogP contribution is -2.49. The fourth-order valence-electron chi connectivity index (χ4n) is 2.34. The van der Waals surface area contributed by atoms with Crippen LogP contribution in [0.25, 0.3) is 0 Å². The van der Waals surface area contributed by atoms with Crippen molar-refractivity contribution in [2.75, 3.05) is 13.1 Å². The minimum atomic E-state index is -0.518. The predicted molar refractivity (Wildman–Crippen MR) is 66.5 cm³/mol. The second kappa shape index (κ2) is 4.56. The molecule has 1 aromatic carbocycles. The van der Waals surface area contributed by atoms with Crippen LogP contribution in [0, 0.1) is 12.8 Å². The maximum absolute atomic E-state index is 10.3. The molecule has 0 amide bonds. The first kappa shape index (κ1) is 11.6. The van der Waals surface area contributed by atoms with Crippen LogP contribution in [0.15, 0.2) is 24.3 Å². The molecule has 2 heteroatoms. The van der Waals surface area contributed by atoms with Crippen LogP contribution in [-0.4, -0.2) is 23.8 Å².